The Hall–Kier alpha value is -2.88. The zero-order chi connectivity index (χ0) is 20.1. The third kappa shape index (κ3) is 5.18. The summed E-state index contributed by atoms with van der Waals surface area (Å²) in [6.07, 6.45) is 2.30. The highest BCUT2D eigenvalue weighted by atomic mass is 127. The normalized spacial score (nSPS) is 12.4. The minimum absolute atomic E-state index is 0. The maximum atomic E-state index is 5.32. The number of guanidine groups is 1. The SMILES string of the molecule is CN=C(NCCc1nc(-c2ccco2)n[nH]1)NC(C)c1ccc2ccccc2c1.I. The molecule has 3 N–H and O–H groups in total. The summed E-state index contributed by atoms with van der Waals surface area (Å²) in [5.74, 6) is 2.76. The van der Waals surface area contributed by atoms with Crippen molar-refractivity contribution >= 4 is 40.7 Å². The van der Waals surface area contributed by atoms with Crippen LogP contribution in [0.5, 0.6) is 0 Å². The van der Waals surface area contributed by atoms with Gasteiger partial charge in [0, 0.05) is 20.0 Å². The van der Waals surface area contributed by atoms with Crippen molar-refractivity contribution in [3.8, 4) is 11.6 Å². The molecule has 2 heterocycles. The molecular formula is C22H25IN6O. The molecule has 0 amide bonds. The molecule has 0 saturated heterocycles. The number of aromatic nitrogens is 3. The van der Waals surface area contributed by atoms with Gasteiger partial charge in [-0.15, -0.1) is 24.0 Å². The van der Waals surface area contributed by atoms with Gasteiger partial charge in [-0.05, 0) is 41.5 Å². The van der Waals surface area contributed by atoms with Crippen LogP contribution in [0.4, 0.5) is 0 Å². The number of benzene rings is 2. The average molecular weight is 516 g/mol. The highest BCUT2D eigenvalue weighted by Crippen LogP contribution is 2.20. The molecule has 1 atom stereocenters. The van der Waals surface area contributed by atoms with Crippen LogP contribution < -0.4 is 10.6 Å². The Morgan fingerprint density at radius 3 is 2.73 bits per heavy atom. The van der Waals surface area contributed by atoms with Gasteiger partial charge in [-0.25, -0.2) is 4.98 Å². The van der Waals surface area contributed by atoms with E-state index in [1.54, 1.807) is 13.3 Å². The van der Waals surface area contributed by atoms with Crippen molar-refractivity contribution in [2.24, 2.45) is 4.99 Å². The Bertz CT molecular complexity index is 1110. The zero-order valence-electron chi connectivity index (χ0n) is 16.9. The molecule has 0 spiro atoms. The van der Waals surface area contributed by atoms with Crippen molar-refractivity contribution in [2.75, 3.05) is 13.6 Å². The fourth-order valence-electron chi connectivity index (χ4n) is 3.18. The van der Waals surface area contributed by atoms with Gasteiger partial charge in [0.15, 0.2) is 11.7 Å². The second-order valence-electron chi connectivity index (χ2n) is 6.80. The Morgan fingerprint density at radius 2 is 1.97 bits per heavy atom. The largest absolute Gasteiger partial charge is 0.461 e. The Kier molecular flexibility index (Phi) is 7.45. The molecule has 1 unspecified atom stereocenters. The van der Waals surface area contributed by atoms with Crippen molar-refractivity contribution in [2.45, 2.75) is 19.4 Å². The monoisotopic (exact) mass is 516 g/mol. The van der Waals surface area contributed by atoms with Gasteiger partial charge in [0.25, 0.3) is 0 Å². The van der Waals surface area contributed by atoms with Gasteiger partial charge in [-0.3, -0.25) is 10.1 Å². The van der Waals surface area contributed by atoms with E-state index in [4.69, 9.17) is 4.42 Å². The molecule has 30 heavy (non-hydrogen) atoms. The first kappa shape index (κ1) is 21.8. The van der Waals surface area contributed by atoms with Crippen molar-refractivity contribution in [1.82, 2.24) is 25.8 Å². The highest BCUT2D eigenvalue weighted by Gasteiger charge is 2.10. The van der Waals surface area contributed by atoms with E-state index in [9.17, 15) is 0 Å². The fraction of sp³-hybridized carbons (Fsp3) is 0.227. The van der Waals surface area contributed by atoms with Crippen LogP contribution in [-0.2, 0) is 6.42 Å². The van der Waals surface area contributed by atoms with Gasteiger partial charge in [-0.1, -0.05) is 36.4 Å². The Labute approximate surface area is 192 Å². The number of fused-ring (bicyclic) bond motifs is 1. The summed E-state index contributed by atoms with van der Waals surface area (Å²) < 4.78 is 5.32. The van der Waals surface area contributed by atoms with Crippen LogP contribution in [0.2, 0.25) is 0 Å². The number of nitrogens with one attached hydrogen (secondary N) is 3. The second-order valence-corrected chi connectivity index (χ2v) is 6.80. The summed E-state index contributed by atoms with van der Waals surface area (Å²) in [7, 11) is 1.77. The number of hydrogen-bond acceptors (Lipinski definition) is 4. The van der Waals surface area contributed by atoms with Gasteiger partial charge < -0.3 is 15.1 Å². The summed E-state index contributed by atoms with van der Waals surface area (Å²) in [6.45, 7) is 2.81. The van der Waals surface area contributed by atoms with Crippen LogP contribution in [0.15, 0.2) is 70.3 Å². The second kappa shape index (κ2) is 10.2. The van der Waals surface area contributed by atoms with Gasteiger partial charge in [-0.2, -0.15) is 5.10 Å². The lowest BCUT2D eigenvalue weighted by atomic mass is 10.0. The topological polar surface area (TPSA) is 91.1 Å². The average Bonchev–Trinajstić information content (AvgIpc) is 3.44. The molecule has 0 saturated carbocycles. The van der Waals surface area contributed by atoms with E-state index in [1.165, 1.54) is 16.3 Å². The zero-order valence-corrected chi connectivity index (χ0v) is 19.3. The molecule has 0 aliphatic heterocycles. The maximum absolute atomic E-state index is 5.32. The minimum atomic E-state index is 0. The number of hydrogen-bond donors (Lipinski definition) is 3. The van der Waals surface area contributed by atoms with Crippen LogP contribution >= 0.6 is 24.0 Å². The van der Waals surface area contributed by atoms with E-state index >= 15 is 0 Å². The van der Waals surface area contributed by atoms with Crippen molar-refractivity contribution in [3.05, 3.63) is 72.2 Å². The smallest absolute Gasteiger partial charge is 0.216 e. The summed E-state index contributed by atoms with van der Waals surface area (Å²) in [5, 5.41) is 16.4. The van der Waals surface area contributed by atoms with Crippen LogP contribution in [-0.4, -0.2) is 34.7 Å². The number of aliphatic imine (C=N–C) groups is 1. The van der Waals surface area contributed by atoms with Gasteiger partial charge in [0.1, 0.15) is 5.82 Å². The van der Waals surface area contributed by atoms with Gasteiger partial charge in [0.2, 0.25) is 5.82 Å². The number of furan rings is 1. The van der Waals surface area contributed by atoms with Gasteiger partial charge >= 0.3 is 0 Å². The molecule has 8 heteroatoms. The molecular weight excluding hydrogens is 491 g/mol. The standard InChI is InChI=1S/C22H24N6O.HI/c1-15(17-10-9-16-6-3-4-7-18(16)14-17)25-22(23-2)24-12-11-20-26-21(28-27-20)19-8-5-13-29-19;/h3-10,13-15H,11-12H2,1-2H3,(H2,23,24,25)(H,26,27,28);1H. The molecule has 0 bridgehead atoms. The molecule has 0 aliphatic carbocycles. The lowest BCUT2D eigenvalue weighted by Crippen LogP contribution is -2.39. The first-order chi connectivity index (χ1) is 14.2. The third-order valence-electron chi connectivity index (χ3n) is 4.78. The highest BCUT2D eigenvalue weighted by molar-refractivity contribution is 14.0. The predicted molar refractivity (Wildman–Crippen MR) is 130 cm³/mol. The number of aromatic amines is 1. The number of H-pyrrole nitrogens is 1. The molecule has 4 rings (SSSR count). The number of halogens is 1. The Morgan fingerprint density at radius 1 is 1.13 bits per heavy atom. The first-order valence-electron chi connectivity index (χ1n) is 9.64. The van der Waals surface area contributed by atoms with E-state index in [-0.39, 0.29) is 30.0 Å². The van der Waals surface area contributed by atoms with Crippen molar-refractivity contribution in [3.63, 3.8) is 0 Å². The van der Waals surface area contributed by atoms with Gasteiger partial charge in [0.05, 0.1) is 12.3 Å². The van der Waals surface area contributed by atoms with Crippen LogP contribution in [0.1, 0.15) is 24.4 Å². The maximum Gasteiger partial charge on any atom is 0.216 e. The molecule has 0 fully saturated rings. The summed E-state index contributed by atoms with van der Waals surface area (Å²) in [6, 6.07) is 18.7. The lowest BCUT2D eigenvalue weighted by molar-refractivity contribution is 0.577. The Balaban J connectivity index is 0.00000256. The molecule has 156 valence electrons. The number of nitrogens with zero attached hydrogens (tertiary/aromatic N) is 3. The van der Waals surface area contributed by atoms with E-state index in [0.29, 0.717) is 24.6 Å². The minimum Gasteiger partial charge on any atom is -0.461 e. The van der Waals surface area contributed by atoms with Crippen LogP contribution in [0.3, 0.4) is 0 Å². The lowest BCUT2D eigenvalue weighted by Gasteiger charge is -2.18. The van der Waals surface area contributed by atoms with E-state index in [0.717, 1.165) is 11.8 Å². The molecule has 2 aromatic heterocycles. The summed E-state index contributed by atoms with van der Waals surface area (Å²) in [5.41, 5.74) is 1.21. The molecule has 0 aliphatic rings. The van der Waals surface area contributed by atoms with E-state index in [2.05, 4.69) is 80.2 Å². The van der Waals surface area contributed by atoms with E-state index in [1.807, 2.05) is 12.1 Å². The molecule has 0 radical (unpaired) electrons. The first-order valence-corrected chi connectivity index (χ1v) is 9.64. The third-order valence-corrected chi connectivity index (χ3v) is 4.78. The molecule has 2 aromatic carbocycles. The number of rotatable bonds is 6. The van der Waals surface area contributed by atoms with E-state index < -0.39 is 0 Å². The van der Waals surface area contributed by atoms with Crippen LogP contribution in [0.25, 0.3) is 22.4 Å². The quantitative estimate of drug-likeness (QED) is 0.202. The fourth-order valence-corrected chi connectivity index (χ4v) is 3.18. The summed E-state index contributed by atoms with van der Waals surface area (Å²) in [4.78, 5) is 8.78. The predicted octanol–water partition coefficient (Wildman–Crippen LogP) is 4.30. The van der Waals surface area contributed by atoms with Crippen molar-refractivity contribution < 1.29 is 4.42 Å². The molecule has 7 nitrogen and oxygen atoms in total. The van der Waals surface area contributed by atoms with Crippen molar-refractivity contribution in [1.29, 1.82) is 0 Å². The molecule has 4 aromatic rings. The van der Waals surface area contributed by atoms with Crippen LogP contribution in [0, 0.1) is 0 Å². The summed E-state index contributed by atoms with van der Waals surface area (Å²) >= 11 is 0.